The van der Waals surface area contributed by atoms with Crippen LogP contribution in [0.5, 0.6) is 0 Å². The lowest BCUT2D eigenvalue weighted by molar-refractivity contribution is -0.115. The zero-order valence-corrected chi connectivity index (χ0v) is 16.2. The Morgan fingerprint density at radius 1 is 1.11 bits per heavy atom. The predicted molar refractivity (Wildman–Crippen MR) is 106 cm³/mol. The van der Waals surface area contributed by atoms with Gasteiger partial charge in [0.1, 0.15) is 6.42 Å². The number of benzene rings is 1. The highest BCUT2D eigenvalue weighted by Crippen LogP contribution is 2.34. The quantitative estimate of drug-likeness (QED) is 0.785. The lowest BCUT2D eigenvalue weighted by atomic mass is 9.79. The van der Waals surface area contributed by atoms with E-state index >= 15 is 0 Å². The molecule has 1 aliphatic carbocycles. The second kappa shape index (κ2) is 9.67. The number of carbonyl (C=O) groups is 2. The van der Waals surface area contributed by atoms with Crippen molar-refractivity contribution in [2.45, 2.75) is 44.1 Å². The van der Waals surface area contributed by atoms with Gasteiger partial charge in [-0.05, 0) is 37.1 Å². The Kier molecular flexibility index (Phi) is 7.01. The summed E-state index contributed by atoms with van der Waals surface area (Å²) >= 11 is 0. The lowest BCUT2D eigenvalue weighted by Crippen LogP contribution is -2.59. The summed E-state index contributed by atoms with van der Waals surface area (Å²) in [5, 5.41) is 14.3. The van der Waals surface area contributed by atoms with E-state index in [0.29, 0.717) is 17.8 Å². The summed E-state index contributed by atoms with van der Waals surface area (Å²) in [5.74, 6) is -0.461. The third-order valence-electron chi connectivity index (χ3n) is 5.71. The van der Waals surface area contributed by atoms with E-state index in [9.17, 15) is 9.59 Å². The van der Waals surface area contributed by atoms with Crippen LogP contribution in [0.3, 0.4) is 0 Å². The van der Waals surface area contributed by atoms with Crippen LogP contribution in [0.2, 0.25) is 0 Å². The number of nitrogens with zero attached hydrogens (tertiary/aromatic N) is 2. The molecule has 0 radical (unpaired) electrons. The second-order valence-electron chi connectivity index (χ2n) is 7.53. The van der Waals surface area contributed by atoms with Gasteiger partial charge in [0.15, 0.2) is 0 Å². The van der Waals surface area contributed by atoms with Gasteiger partial charge in [0.25, 0.3) is 5.91 Å². The molecule has 1 saturated carbocycles. The second-order valence-corrected chi connectivity index (χ2v) is 7.53. The summed E-state index contributed by atoms with van der Waals surface area (Å²) < 4.78 is 5.51. The van der Waals surface area contributed by atoms with Gasteiger partial charge in [-0.15, -0.1) is 0 Å². The number of rotatable bonds is 6. The fraction of sp³-hybridized carbons (Fsp3) is 0.571. The van der Waals surface area contributed by atoms with E-state index in [4.69, 9.17) is 10.00 Å². The molecule has 1 saturated heterocycles. The van der Waals surface area contributed by atoms with E-state index in [1.807, 2.05) is 6.07 Å². The van der Waals surface area contributed by atoms with Crippen molar-refractivity contribution in [2.24, 2.45) is 0 Å². The third-order valence-corrected chi connectivity index (χ3v) is 5.71. The molecule has 1 aliphatic heterocycles. The third kappa shape index (κ3) is 5.09. The SMILES string of the molecule is N#CCC(=O)Nc1ccc(C(=O)NCC2(N3CCOCC3)CCCCC2)cc1. The van der Waals surface area contributed by atoms with Crippen molar-refractivity contribution >= 4 is 17.5 Å². The molecular weight excluding hydrogens is 356 g/mol. The number of carbonyl (C=O) groups excluding carboxylic acids is 2. The molecule has 2 amide bonds. The minimum absolute atomic E-state index is 0.0307. The first-order valence-corrected chi connectivity index (χ1v) is 10.0. The normalized spacial score (nSPS) is 19.4. The highest BCUT2D eigenvalue weighted by Gasteiger charge is 2.38. The van der Waals surface area contributed by atoms with Crippen LogP contribution in [0, 0.1) is 11.3 Å². The maximum Gasteiger partial charge on any atom is 0.251 e. The molecular formula is C21H28N4O3. The molecule has 0 aromatic heterocycles. The fourth-order valence-corrected chi connectivity index (χ4v) is 4.18. The van der Waals surface area contributed by atoms with Crippen molar-refractivity contribution < 1.29 is 14.3 Å². The summed E-state index contributed by atoms with van der Waals surface area (Å²) in [7, 11) is 0. The Morgan fingerprint density at radius 2 is 1.79 bits per heavy atom. The average Bonchev–Trinajstić information content (AvgIpc) is 2.74. The Morgan fingerprint density at radius 3 is 2.43 bits per heavy atom. The van der Waals surface area contributed by atoms with Gasteiger partial charge >= 0.3 is 0 Å². The van der Waals surface area contributed by atoms with Crippen LogP contribution in [0.15, 0.2) is 24.3 Å². The van der Waals surface area contributed by atoms with Gasteiger partial charge in [-0.2, -0.15) is 5.26 Å². The van der Waals surface area contributed by atoms with Gasteiger partial charge < -0.3 is 15.4 Å². The summed E-state index contributed by atoms with van der Waals surface area (Å²) in [6, 6.07) is 8.56. The van der Waals surface area contributed by atoms with E-state index < -0.39 is 0 Å². The fourth-order valence-electron chi connectivity index (χ4n) is 4.18. The molecule has 2 fully saturated rings. The molecule has 0 spiro atoms. The van der Waals surface area contributed by atoms with Crippen LogP contribution in [0.4, 0.5) is 5.69 Å². The van der Waals surface area contributed by atoms with Gasteiger partial charge in [0.05, 0.1) is 19.3 Å². The number of nitrogens with one attached hydrogen (secondary N) is 2. The molecule has 0 bridgehead atoms. The maximum atomic E-state index is 12.7. The van der Waals surface area contributed by atoms with E-state index in [1.165, 1.54) is 19.3 Å². The maximum absolute atomic E-state index is 12.7. The van der Waals surface area contributed by atoms with Crippen molar-refractivity contribution in [3.8, 4) is 6.07 Å². The van der Waals surface area contributed by atoms with E-state index in [0.717, 1.165) is 39.1 Å². The molecule has 3 rings (SSSR count). The number of nitriles is 1. The standard InChI is InChI=1S/C21H28N4O3/c22-11-8-19(26)24-18-6-4-17(5-7-18)20(27)23-16-21(9-2-1-3-10-21)25-12-14-28-15-13-25/h4-7H,1-3,8-10,12-16H2,(H,23,27)(H,24,26). The number of hydrogen-bond donors (Lipinski definition) is 2. The molecule has 7 nitrogen and oxygen atoms in total. The number of anilines is 1. The minimum Gasteiger partial charge on any atom is -0.379 e. The van der Waals surface area contributed by atoms with Crippen LogP contribution < -0.4 is 10.6 Å². The van der Waals surface area contributed by atoms with Gasteiger partial charge in [-0.1, -0.05) is 19.3 Å². The molecule has 1 aromatic carbocycles. The van der Waals surface area contributed by atoms with Crippen LogP contribution in [-0.4, -0.2) is 55.1 Å². The number of morpholine rings is 1. The topological polar surface area (TPSA) is 94.5 Å². The summed E-state index contributed by atoms with van der Waals surface area (Å²) in [4.78, 5) is 26.6. The van der Waals surface area contributed by atoms with Gasteiger partial charge in [0.2, 0.25) is 5.91 Å². The molecule has 1 aromatic rings. The van der Waals surface area contributed by atoms with Gasteiger partial charge in [-0.25, -0.2) is 0 Å². The minimum atomic E-state index is -0.357. The van der Waals surface area contributed by atoms with E-state index in [-0.39, 0.29) is 23.8 Å². The van der Waals surface area contributed by atoms with E-state index in [1.54, 1.807) is 24.3 Å². The van der Waals surface area contributed by atoms with Gasteiger partial charge in [-0.3, -0.25) is 14.5 Å². The van der Waals surface area contributed by atoms with Crippen molar-refractivity contribution in [3.63, 3.8) is 0 Å². The van der Waals surface area contributed by atoms with Gasteiger partial charge in [0, 0.05) is 36.4 Å². The largest absolute Gasteiger partial charge is 0.379 e. The first-order valence-electron chi connectivity index (χ1n) is 10.0. The summed E-state index contributed by atoms with van der Waals surface area (Å²) in [5.41, 5.74) is 1.17. The molecule has 0 atom stereocenters. The average molecular weight is 384 g/mol. The van der Waals surface area contributed by atoms with Crippen LogP contribution >= 0.6 is 0 Å². The Balaban J connectivity index is 1.59. The molecule has 2 N–H and O–H groups in total. The van der Waals surface area contributed by atoms with Crippen LogP contribution in [-0.2, 0) is 9.53 Å². The number of ether oxygens (including phenoxy) is 1. The number of amides is 2. The molecule has 2 aliphatic rings. The smallest absolute Gasteiger partial charge is 0.251 e. The molecule has 1 heterocycles. The molecule has 28 heavy (non-hydrogen) atoms. The van der Waals surface area contributed by atoms with Crippen LogP contribution in [0.25, 0.3) is 0 Å². The zero-order valence-electron chi connectivity index (χ0n) is 16.2. The Labute approximate surface area is 166 Å². The highest BCUT2D eigenvalue weighted by atomic mass is 16.5. The van der Waals surface area contributed by atoms with E-state index in [2.05, 4.69) is 15.5 Å². The lowest BCUT2D eigenvalue weighted by Gasteiger charge is -2.48. The predicted octanol–water partition coefficient (Wildman–Crippen LogP) is 2.30. The summed E-state index contributed by atoms with van der Waals surface area (Å²) in [6.07, 6.45) is 5.69. The van der Waals surface area contributed by atoms with Crippen LogP contribution in [0.1, 0.15) is 48.9 Å². The monoisotopic (exact) mass is 384 g/mol. The first-order chi connectivity index (χ1) is 13.6. The Bertz CT molecular complexity index is 714. The number of hydrogen-bond acceptors (Lipinski definition) is 5. The first kappa shape index (κ1) is 20.3. The Hall–Kier alpha value is -2.43. The molecule has 7 heteroatoms. The molecule has 150 valence electrons. The van der Waals surface area contributed by atoms with Crippen molar-refractivity contribution in [2.75, 3.05) is 38.2 Å². The summed E-state index contributed by atoms with van der Waals surface area (Å²) in [6.45, 7) is 4.01. The zero-order chi connectivity index (χ0) is 19.8. The van der Waals surface area contributed by atoms with Crippen molar-refractivity contribution in [1.82, 2.24) is 10.2 Å². The van der Waals surface area contributed by atoms with Crippen molar-refractivity contribution in [1.29, 1.82) is 5.26 Å². The highest BCUT2D eigenvalue weighted by molar-refractivity contribution is 5.96. The molecule has 0 unspecified atom stereocenters. The van der Waals surface area contributed by atoms with Crippen molar-refractivity contribution in [3.05, 3.63) is 29.8 Å².